The van der Waals surface area contributed by atoms with Crippen molar-refractivity contribution in [1.82, 2.24) is 0 Å². The van der Waals surface area contributed by atoms with Gasteiger partial charge in [-0.05, 0) is 31.5 Å². The molecule has 0 bridgehead atoms. The third-order valence-corrected chi connectivity index (χ3v) is 9.17. The number of carbonyl (C=O) groups is 1. The van der Waals surface area contributed by atoms with E-state index in [4.69, 9.17) is 9.16 Å². The van der Waals surface area contributed by atoms with E-state index < -0.39 is 8.32 Å². The van der Waals surface area contributed by atoms with Crippen molar-refractivity contribution in [2.75, 3.05) is 13.2 Å². The van der Waals surface area contributed by atoms with Crippen molar-refractivity contribution in [3.8, 4) is 0 Å². The third-order valence-electron chi connectivity index (χ3n) is 4.58. The highest BCUT2D eigenvalue weighted by molar-refractivity contribution is 6.74. The van der Waals surface area contributed by atoms with Gasteiger partial charge in [-0.15, -0.1) is 0 Å². The second-order valence-corrected chi connectivity index (χ2v) is 11.8. The van der Waals surface area contributed by atoms with E-state index in [1.54, 1.807) is 0 Å². The van der Waals surface area contributed by atoms with Crippen LogP contribution < -0.4 is 0 Å². The average Bonchev–Trinajstić information content (AvgIpc) is 2.67. The monoisotopic (exact) mass is 272 g/mol. The summed E-state index contributed by atoms with van der Waals surface area (Å²) < 4.78 is 12.0. The van der Waals surface area contributed by atoms with Crippen molar-refractivity contribution in [2.24, 2.45) is 5.92 Å². The van der Waals surface area contributed by atoms with Crippen molar-refractivity contribution in [1.29, 1.82) is 0 Å². The highest BCUT2D eigenvalue weighted by atomic mass is 28.4. The summed E-state index contributed by atoms with van der Waals surface area (Å²) >= 11 is 0. The molecule has 106 valence electrons. The highest BCUT2D eigenvalue weighted by Crippen LogP contribution is 2.43. The van der Waals surface area contributed by atoms with Gasteiger partial charge in [-0.2, -0.15) is 0 Å². The number of ether oxygens (including phenoxy) is 1. The van der Waals surface area contributed by atoms with Crippen LogP contribution in [0.15, 0.2) is 0 Å². The lowest BCUT2D eigenvalue weighted by Crippen LogP contribution is -2.52. The van der Waals surface area contributed by atoms with E-state index in [9.17, 15) is 4.79 Å². The Balaban J connectivity index is 2.88. The maximum Gasteiger partial charge on any atom is 0.192 e. The summed E-state index contributed by atoms with van der Waals surface area (Å²) in [5, 5.41) is 0.163. The molecule has 1 aliphatic rings. The zero-order valence-corrected chi connectivity index (χ0v) is 13.7. The van der Waals surface area contributed by atoms with Gasteiger partial charge >= 0.3 is 0 Å². The Morgan fingerprint density at radius 3 is 2.33 bits per heavy atom. The van der Waals surface area contributed by atoms with Crippen molar-refractivity contribution < 1.29 is 14.0 Å². The minimum absolute atomic E-state index is 0.163. The molecule has 0 amide bonds. The molecule has 1 saturated heterocycles. The fourth-order valence-electron chi connectivity index (χ4n) is 2.21. The Morgan fingerprint density at radius 2 is 1.94 bits per heavy atom. The van der Waals surface area contributed by atoms with Crippen LogP contribution in [0.3, 0.4) is 0 Å². The second kappa shape index (κ2) is 5.43. The van der Waals surface area contributed by atoms with Gasteiger partial charge in [0, 0.05) is 18.9 Å². The molecule has 0 N–H and O–H groups in total. The number of rotatable bonds is 5. The molecule has 0 aliphatic carbocycles. The smallest absolute Gasteiger partial charge is 0.192 e. The van der Waals surface area contributed by atoms with Crippen molar-refractivity contribution >= 4 is 14.6 Å². The van der Waals surface area contributed by atoms with Crippen LogP contribution >= 0.6 is 0 Å². The first kappa shape index (κ1) is 15.9. The Hall–Kier alpha value is -0.193. The lowest BCUT2D eigenvalue weighted by Gasteiger charge is -2.46. The molecule has 0 aromatic carbocycles. The molecule has 0 radical (unpaired) electrons. The normalized spacial score (nSPS) is 24.9. The summed E-state index contributed by atoms with van der Waals surface area (Å²) in [7, 11) is -1.86. The summed E-state index contributed by atoms with van der Waals surface area (Å²) in [4.78, 5) is 11.0. The predicted molar refractivity (Wildman–Crippen MR) is 76.3 cm³/mol. The minimum Gasteiger partial charge on any atom is -0.411 e. The molecule has 0 aromatic heterocycles. The third kappa shape index (κ3) is 3.43. The van der Waals surface area contributed by atoms with Gasteiger partial charge < -0.3 is 14.0 Å². The lowest BCUT2D eigenvalue weighted by atomic mass is 9.86. The molecule has 3 nitrogen and oxygen atoms in total. The fourth-order valence-corrected chi connectivity index (χ4v) is 3.93. The molecule has 1 fully saturated rings. The zero-order valence-electron chi connectivity index (χ0n) is 12.7. The van der Waals surface area contributed by atoms with Gasteiger partial charge in [0.05, 0.1) is 12.2 Å². The first-order valence-electron chi connectivity index (χ1n) is 6.84. The SMILES string of the molecule is CC(C)(C)[Si](C)(C)O[C@](C)(CC=O)[C@@H]1CCOC1. The van der Waals surface area contributed by atoms with Gasteiger partial charge in [-0.3, -0.25) is 0 Å². The summed E-state index contributed by atoms with van der Waals surface area (Å²) in [5.74, 6) is 0.344. The maximum absolute atomic E-state index is 11.0. The van der Waals surface area contributed by atoms with Gasteiger partial charge in [0.25, 0.3) is 0 Å². The van der Waals surface area contributed by atoms with E-state index in [2.05, 4.69) is 40.8 Å². The molecule has 4 heteroatoms. The van der Waals surface area contributed by atoms with Crippen LogP contribution in [0.5, 0.6) is 0 Å². The van der Waals surface area contributed by atoms with E-state index in [0.29, 0.717) is 12.3 Å². The summed E-state index contributed by atoms with van der Waals surface area (Å²) in [6.07, 6.45) is 2.46. The molecule has 2 atom stereocenters. The summed E-state index contributed by atoms with van der Waals surface area (Å²) in [5.41, 5.74) is -0.360. The molecular formula is C14H28O3Si. The van der Waals surface area contributed by atoms with Gasteiger partial charge in [-0.25, -0.2) is 0 Å². The van der Waals surface area contributed by atoms with Crippen LogP contribution in [-0.2, 0) is 14.0 Å². The minimum atomic E-state index is -1.86. The lowest BCUT2D eigenvalue weighted by molar-refractivity contribution is -0.113. The van der Waals surface area contributed by atoms with Crippen LogP contribution in [0.2, 0.25) is 18.1 Å². The van der Waals surface area contributed by atoms with Crippen LogP contribution in [0, 0.1) is 5.92 Å². The van der Waals surface area contributed by atoms with Gasteiger partial charge in [0.15, 0.2) is 8.32 Å². The number of carbonyl (C=O) groups excluding carboxylic acids is 1. The first-order valence-corrected chi connectivity index (χ1v) is 9.75. The fraction of sp³-hybridized carbons (Fsp3) is 0.929. The van der Waals surface area contributed by atoms with Crippen LogP contribution in [-0.4, -0.2) is 33.4 Å². The number of aldehydes is 1. The number of hydrogen-bond donors (Lipinski definition) is 0. The van der Waals surface area contributed by atoms with E-state index in [1.807, 2.05) is 0 Å². The van der Waals surface area contributed by atoms with Crippen molar-refractivity contribution in [2.45, 2.75) is 64.3 Å². The molecular weight excluding hydrogens is 244 g/mol. The van der Waals surface area contributed by atoms with Gasteiger partial charge in [0.2, 0.25) is 0 Å². The molecule has 0 unspecified atom stereocenters. The molecule has 0 saturated carbocycles. The zero-order chi connectivity index (χ0) is 14.0. The van der Waals surface area contributed by atoms with E-state index >= 15 is 0 Å². The van der Waals surface area contributed by atoms with Crippen LogP contribution in [0.4, 0.5) is 0 Å². The highest BCUT2D eigenvalue weighted by Gasteiger charge is 2.46. The topological polar surface area (TPSA) is 35.5 Å². The van der Waals surface area contributed by atoms with Crippen LogP contribution in [0.1, 0.15) is 40.5 Å². The van der Waals surface area contributed by atoms with E-state index in [1.165, 1.54) is 0 Å². The van der Waals surface area contributed by atoms with Crippen LogP contribution in [0.25, 0.3) is 0 Å². The molecule has 1 heterocycles. The molecule has 1 rings (SSSR count). The van der Waals surface area contributed by atoms with Crippen molar-refractivity contribution in [3.05, 3.63) is 0 Å². The Bertz CT molecular complexity index is 290. The summed E-state index contributed by atoms with van der Waals surface area (Å²) in [6.45, 7) is 14.8. The quantitative estimate of drug-likeness (QED) is 0.568. The standard InChI is InChI=1S/C14H28O3Si/c1-13(2,3)18(5,6)17-14(4,8-9-15)12-7-10-16-11-12/h9,12H,7-8,10-11H2,1-6H3/t12-,14-/m1/s1. The Labute approximate surface area is 112 Å². The second-order valence-electron chi connectivity index (χ2n) is 7.11. The maximum atomic E-state index is 11.0. The number of hydrogen-bond acceptors (Lipinski definition) is 3. The van der Waals surface area contributed by atoms with E-state index in [0.717, 1.165) is 25.9 Å². The largest absolute Gasteiger partial charge is 0.411 e. The Kier molecular flexibility index (Phi) is 4.79. The molecule has 1 aliphatic heterocycles. The molecule has 0 spiro atoms. The van der Waals surface area contributed by atoms with Crippen molar-refractivity contribution in [3.63, 3.8) is 0 Å². The van der Waals surface area contributed by atoms with Gasteiger partial charge in [0.1, 0.15) is 6.29 Å². The predicted octanol–water partition coefficient (Wildman–Crippen LogP) is 3.39. The summed E-state index contributed by atoms with van der Waals surface area (Å²) in [6, 6.07) is 0. The molecule has 18 heavy (non-hydrogen) atoms. The molecule has 0 aromatic rings. The van der Waals surface area contributed by atoms with E-state index in [-0.39, 0.29) is 10.6 Å². The first-order chi connectivity index (χ1) is 8.12. The van der Waals surface area contributed by atoms with Gasteiger partial charge in [-0.1, -0.05) is 20.8 Å². The Morgan fingerprint density at radius 1 is 1.33 bits per heavy atom. The average molecular weight is 272 g/mol.